The first-order valence-corrected chi connectivity index (χ1v) is 14.5. The predicted molar refractivity (Wildman–Crippen MR) is 145 cm³/mol. The van der Waals surface area contributed by atoms with E-state index in [1.54, 1.807) is 11.1 Å². The van der Waals surface area contributed by atoms with Crippen molar-refractivity contribution in [2.24, 2.45) is 23.7 Å². The summed E-state index contributed by atoms with van der Waals surface area (Å²) in [5, 5.41) is 0. The molecule has 2 aliphatic carbocycles. The van der Waals surface area contributed by atoms with Crippen LogP contribution >= 0.6 is 47.8 Å². The minimum Gasteiger partial charge on any atom is -0.0654 e. The molecule has 2 aliphatic rings. The van der Waals surface area contributed by atoms with Gasteiger partial charge >= 0.3 is 0 Å². The standard InChI is InChI=1S/C28H35Br3/c1-5-6-7-12-28(23-13-18(4)8-10-21(23)17(2)3)24-14-19(29)9-11-22(24)27-25(28)15-20(30)16-26(27)31/h9,11,14-18,21,23H,5-8,10,12-13H2,1-4H3/t18-,21+,23+,28?/m1/s1. The first kappa shape index (κ1) is 24.0. The summed E-state index contributed by atoms with van der Waals surface area (Å²) in [5.74, 6) is 2.98. The Morgan fingerprint density at radius 1 is 0.968 bits per heavy atom. The van der Waals surface area contributed by atoms with Gasteiger partial charge in [0.25, 0.3) is 0 Å². The largest absolute Gasteiger partial charge is 0.0654 e. The summed E-state index contributed by atoms with van der Waals surface area (Å²) in [4.78, 5) is 0. The van der Waals surface area contributed by atoms with Crippen LogP contribution in [-0.4, -0.2) is 0 Å². The lowest BCUT2D eigenvalue weighted by atomic mass is 9.54. The lowest BCUT2D eigenvalue weighted by Gasteiger charge is -2.49. The molecule has 168 valence electrons. The summed E-state index contributed by atoms with van der Waals surface area (Å²) < 4.78 is 3.62. The average Bonchev–Trinajstić information content (AvgIpc) is 2.98. The van der Waals surface area contributed by atoms with Gasteiger partial charge in [0.15, 0.2) is 0 Å². The molecule has 0 N–H and O–H groups in total. The fourth-order valence-corrected chi connectivity index (χ4v) is 8.52. The van der Waals surface area contributed by atoms with E-state index in [-0.39, 0.29) is 5.41 Å². The summed E-state index contributed by atoms with van der Waals surface area (Å²) >= 11 is 11.6. The lowest BCUT2D eigenvalue weighted by molar-refractivity contribution is 0.0826. The molecule has 4 rings (SSSR count). The van der Waals surface area contributed by atoms with E-state index < -0.39 is 0 Å². The summed E-state index contributed by atoms with van der Waals surface area (Å²) in [6, 6.07) is 11.7. The Balaban J connectivity index is 2.02. The van der Waals surface area contributed by atoms with Crippen molar-refractivity contribution >= 4 is 47.8 Å². The van der Waals surface area contributed by atoms with Crippen molar-refractivity contribution < 1.29 is 0 Å². The van der Waals surface area contributed by atoms with Crippen molar-refractivity contribution in [2.45, 2.75) is 78.1 Å². The van der Waals surface area contributed by atoms with E-state index >= 15 is 0 Å². The number of benzene rings is 2. The van der Waals surface area contributed by atoms with Crippen LogP contribution in [0.15, 0.2) is 43.7 Å². The molecule has 0 nitrogen and oxygen atoms in total. The van der Waals surface area contributed by atoms with E-state index in [0.29, 0.717) is 5.92 Å². The van der Waals surface area contributed by atoms with E-state index in [9.17, 15) is 0 Å². The van der Waals surface area contributed by atoms with Gasteiger partial charge in [-0.2, -0.15) is 0 Å². The topological polar surface area (TPSA) is 0 Å². The molecule has 0 heterocycles. The van der Waals surface area contributed by atoms with Crippen LogP contribution in [0.25, 0.3) is 11.1 Å². The number of halogens is 3. The fourth-order valence-electron chi connectivity index (χ4n) is 6.72. The van der Waals surface area contributed by atoms with Crippen LogP contribution in [0.5, 0.6) is 0 Å². The van der Waals surface area contributed by atoms with Crippen molar-refractivity contribution in [3.8, 4) is 11.1 Å². The maximum Gasteiger partial charge on any atom is 0.0268 e. The average molecular weight is 611 g/mol. The summed E-state index contributed by atoms with van der Waals surface area (Å²) in [7, 11) is 0. The van der Waals surface area contributed by atoms with Crippen molar-refractivity contribution in [1.82, 2.24) is 0 Å². The minimum absolute atomic E-state index is 0.0968. The maximum atomic E-state index is 3.96. The Hall–Kier alpha value is -0.120. The van der Waals surface area contributed by atoms with Crippen LogP contribution in [0, 0.1) is 23.7 Å². The monoisotopic (exact) mass is 608 g/mol. The molecule has 0 aliphatic heterocycles. The minimum atomic E-state index is 0.0968. The van der Waals surface area contributed by atoms with E-state index in [2.05, 4.69) is 106 Å². The van der Waals surface area contributed by atoms with Gasteiger partial charge in [0.2, 0.25) is 0 Å². The second kappa shape index (κ2) is 9.63. The number of fused-ring (bicyclic) bond motifs is 3. The Bertz CT molecular complexity index is 948. The molecular weight excluding hydrogens is 576 g/mol. The molecule has 0 saturated heterocycles. The van der Waals surface area contributed by atoms with Gasteiger partial charge in [-0.3, -0.25) is 0 Å². The zero-order valence-corrected chi connectivity index (χ0v) is 24.0. The number of rotatable bonds is 6. The van der Waals surface area contributed by atoms with Crippen LogP contribution in [0.3, 0.4) is 0 Å². The molecule has 31 heavy (non-hydrogen) atoms. The Morgan fingerprint density at radius 3 is 2.42 bits per heavy atom. The quantitative estimate of drug-likeness (QED) is 0.285. The van der Waals surface area contributed by atoms with E-state index in [4.69, 9.17) is 0 Å². The Morgan fingerprint density at radius 2 is 1.71 bits per heavy atom. The van der Waals surface area contributed by atoms with Crippen LogP contribution in [0.2, 0.25) is 0 Å². The van der Waals surface area contributed by atoms with Crippen molar-refractivity contribution in [3.05, 3.63) is 54.9 Å². The van der Waals surface area contributed by atoms with Gasteiger partial charge in [-0.1, -0.05) is 107 Å². The number of hydrogen-bond acceptors (Lipinski definition) is 0. The highest BCUT2D eigenvalue weighted by Crippen LogP contribution is 2.62. The van der Waals surface area contributed by atoms with E-state index in [0.717, 1.165) is 17.8 Å². The van der Waals surface area contributed by atoms with Crippen LogP contribution in [0.1, 0.15) is 83.8 Å². The molecular formula is C28H35Br3. The van der Waals surface area contributed by atoms with Gasteiger partial charge < -0.3 is 0 Å². The molecule has 2 aromatic rings. The van der Waals surface area contributed by atoms with Gasteiger partial charge in [0, 0.05) is 24.4 Å². The molecule has 1 saturated carbocycles. The fraction of sp³-hybridized carbons (Fsp3) is 0.571. The SMILES string of the molecule is CCCCCC1([C@H]2C[C@H](C)CC[C@H]2C(C)C)c2cc(Br)ccc2-c2c(Br)cc(Br)cc21. The lowest BCUT2D eigenvalue weighted by Crippen LogP contribution is -2.44. The normalized spacial score (nSPS) is 27.4. The van der Waals surface area contributed by atoms with Crippen LogP contribution < -0.4 is 0 Å². The van der Waals surface area contributed by atoms with E-state index in [1.165, 1.54) is 69.5 Å². The van der Waals surface area contributed by atoms with Crippen LogP contribution in [0.4, 0.5) is 0 Å². The first-order chi connectivity index (χ1) is 14.8. The number of hydrogen-bond donors (Lipinski definition) is 0. The molecule has 2 aromatic carbocycles. The molecule has 0 radical (unpaired) electrons. The molecule has 4 atom stereocenters. The molecule has 0 spiro atoms. The summed E-state index contributed by atoms with van der Waals surface area (Å²) in [5.41, 5.74) is 6.09. The Labute approximate surface area is 214 Å². The molecule has 1 unspecified atom stereocenters. The Kier molecular flexibility index (Phi) is 7.46. The number of unbranched alkanes of at least 4 members (excludes halogenated alkanes) is 2. The van der Waals surface area contributed by atoms with Crippen molar-refractivity contribution in [1.29, 1.82) is 0 Å². The molecule has 0 amide bonds. The van der Waals surface area contributed by atoms with Gasteiger partial charge in [0.05, 0.1) is 0 Å². The second-order valence-corrected chi connectivity index (χ2v) is 13.0. The predicted octanol–water partition coefficient (Wildman–Crippen LogP) is 10.5. The molecule has 1 fully saturated rings. The van der Waals surface area contributed by atoms with Gasteiger partial charge in [-0.05, 0) is 83.9 Å². The van der Waals surface area contributed by atoms with E-state index in [1.807, 2.05) is 0 Å². The van der Waals surface area contributed by atoms with Crippen molar-refractivity contribution in [3.63, 3.8) is 0 Å². The highest BCUT2D eigenvalue weighted by molar-refractivity contribution is 9.11. The smallest absolute Gasteiger partial charge is 0.0268 e. The third kappa shape index (κ3) is 4.26. The zero-order chi connectivity index (χ0) is 22.3. The summed E-state index contributed by atoms with van der Waals surface area (Å²) in [6.07, 6.45) is 9.21. The highest BCUT2D eigenvalue weighted by atomic mass is 79.9. The van der Waals surface area contributed by atoms with Gasteiger partial charge in [0.1, 0.15) is 0 Å². The summed E-state index contributed by atoms with van der Waals surface area (Å²) in [6.45, 7) is 9.73. The molecule has 0 bridgehead atoms. The third-order valence-electron chi connectivity index (χ3n) is 8.10. The second-order valence-electron chi connectivity index (χ2n) is 10.4. The van der Waals surface area contributed by atoms with Crippen molar-refractivity contribution in [2.75, 3.05) is 0 Å². The third-order valence-corrected chi connectivity index (χ3v) is 9.67. The maximum absolute atomic E-state index is 3.96. The van der Waals surface area contributed by atoms with Gasteiger partial charge in [-0.25, -0.2) is 0 Å². The molecule has 3 heteroatoms. The zero-order valence-electron chi connectivity index (χ0n) is 19.3. The van der Waals surface area contributed by atoms with Gasteiger partial charge in [-0.15, -0.1) is 0 Å². The molecule has 0 aromatic heterocycles. The first-order valence-electron chi connectivity index (χ1n) is 12.1. The van der Waals surface area contributed by atoms with Crippen LogP contribution in [-0.2, 0) is 5.41 Å². The highest BCUT2D eigenvalue weighted by Gasteiger charge is 2.52.